The highest BCUT2D eigenvalue weighted by Gasteiger charge is 2.27. The normalized spacial score (nSPS) is 10.7. The van der Waals surface area contributed by atoms with Gasteiger partial charge in [0.25, 0.3) is 0 Å². The summed E-state index contributed by atoms with van der Waals surface area (Å²) in [6.45, 7) is 1.56. The molecule has 0 aromatic carbocycles. The largest absolute Gasteiger partial charge is 0.397 e. The number of aryl methyl sites for hydroxylation is 1. The minimum Gasteiger partial charge on any atom is -0.358 e. The van der Waals surface area contributed by atoms with Crippen LogP contribution in [0.3, 0.4) is 0 Å². The van der Waals surface area contributed by atoms with Gasteiger partial charge < -0.3 is 10.1 Å². The lowest BCUT2D eigenvalue weighted by Gasteiger charge is -2.01. The second-order valence-corrected chi connectivity index (χ2v) is 6.94. The average molecular weight is 409 g/mol. The molecule has 6 nitrogen and oxygen atoms in total. The van der Waals surface area contributed by atoms with E-state index >= 15 is 0 Å². The number of aromatic nitrogens is 2. The first kappa shape index (κ1) is 14.4. The Labute approximate surface area is 128 Å². The molecule has 0 bridgehead atoms. The fraction of sp³-hybridized carbons (Fsp3) is 0.200. The van der Waals surface area contributed by atoms with Crippen molar-refractivity contribution in [1.29, 1.82) is 0 Å². The quantitative estimate of drug-likeness (QED) is 0.574. The molecule has 0 atom stereocenters. The van der Waals surface area contributed by atoms with Crippen LogP contribution in [0.4, 0.5) is 5.82 Å². The zero-order valence-electron chi connectivity index (χ0n) is 9.59. The SMILES string of the molecule is Cc1nc([N+](=O)[O-])c(Br)n1C(=O)Cc1ccc(Br)s1. The van der Waals surface area contributed by atoms with E-state index in [4.69, 9.17) is 0 Å². The Morgan fingerprint density at radius 1 is 1.53 bits per heavy atom. The molecule has 0 unspecified atom stereocenters. The van der Waals surface area contributed by atoms with Crippen LogP contribution in [0.15, 0.2) is 20.5 Å². The van der Waals surface area contributed by atoms with E-state index in [0.29, 0.717) is 5.82 Å². The number of imidazole rings is 1. The van der Waals surface area contributed by atoms with Crippen molar-refractivity contribution in [2.75, 3.05) is 0 Å². The maximum Gasteiger partial charge on any atom is 0.397 e. The molecule has 0 spiro atoms. The molecule has 100 valence electrons. The van der Waals surface area contributed by atoms with Crippen LogP contribution in [0.2, 0.25) is 0 Å². The Morgan fingerprint density at radius 3 is 2.68 bits per heavy atom. The van der Waals surface area contributed by atoms with E-state index in [1.807, 2.05) is 12.1 Å². The van der Waals surface area contributed by atoms with E-state index in [0.717, 1.165) is 8.66 Å². The number of carbonyl (C=O) groups excluding carboxylic acids is 1. The van der Waals surface area contributed by atoms with Gasteiger partial charge >= 0.3 is 5.82 Å². The lowest BCUT2D eigenvalue weighted by Crippen LogP contribution is -2.14. The smallest absolute Gasteiger partial charge is 0.358 e. The number of thiophene rings is 1. The Morgan fingerprint density at radius 2 is 2.21 bits per heavy atom. The first-order chi connectivity index (χ1) is 8.90. The topological polar surface area (TPSA) is 78.0 Å². The number of hydrogen-bond acceptors (Lipinski definition) is 5. The Hall–Kier alpha value is -1.06. The van der Waals surface area contributed by atoms with E-state index in [-0.39, 0.29) is 22.7 Å². The second-order valence-electron chi connectivity index (χ2n) is 3.64. The molecule has 0 fully saturated rings. The molecule has 0 amide bonds. The van der Waals surface area contributed by atoms with Crippen molar-refractivity contribution in [3.05, 3.63) is 41.3 Å². The third kappa shape index (κ3) is 2.93. The summed E-state index contributed by atoms with van der Waals surface area (Å²) in [6.07, 6.45) is 0.170. The van der Waals surface area contributed by atoms with Crippen molar-refractivity contribution >= 4 is 54.9 Å². The van der Waals surface area contributed by atoms with Gasteiger partial charge in [0.1, 0.15) is 0 Å². The summed E-state index contributed by atoms with van der Waals surface area (Å²) in [5.74, 6) is -0.322. The molecule has 2 rings (SSSR count). The minimum absolute atomic E-state index is 0.0793. The lowest BCUT2D eigenvalue weighted by atomic mass is 10.3. The summed E-state index contributed by atoms with van der Waals surface area (Å²) in [6, 6.07) is 3.69. The summed E-state index contributed by atoms with van der Waals surface area (Å²) in [7, 11) is 0. The Balaban J connectivity index is 2.31. The van der Waals surface area contributed by atoms with Crippen molar-refractivity contribution in [2.24, 2.45) is 0 Å². The van der Waals surface area contributed by atoms with Gasteiger partial charge in [-0.2, -0.15) is 0 Å². The van der Waals surface area contributed by atoms with Gasteiger partial charge in [-0.05, 0) is 53.9 Å². The number of hydrogen-bond donors (Lipinski definition) is 0. The van der Waals surface area contributed by atoms with E-state index in [1.165, 1.54) is 15.9 Å². The maximum atomic E-state index is 12.2. The van der Waals surface area contributed by atoms with Crippen LogP contribution in [-0.4, -0.2) is 20.4 Å². The zero-order chi connectivity index (χ0) is 14.2. The highest BCUT2D eigenvalue weighted by atomic mass is 79.9. The third-order valence-electron chi connectivity index (χ3n) is 2.35. The number of halogens is 2. The molecule has 0 saturated carbocycles. The molecule has 0 aliphatic heterocycles. The van der Waals surface area contributed by atoms with Gasteiger partial charge in [0, 0.05) is 11.8 Å². The number of carbonyl (C=O) groups is 1. The van der Waals surface area contributed by atoms with Crippen molar-refractivity contribution < 1.29 is 9.72 Å². The summed E-state index contributed by atoms with van der Waals surface area (Å²) in [4.78, 5) is 26.9. The van der Waals surface area contributed by atoms with Gasteiger partial charge in [0.15, 0.2) is 4.60 Å². The molecule has 2 aromatic rings. The predicted octanol–water partition coefficient (Wildman–Crippen LogP) is 3.57. The van der Waals surface area contributed by atoms with E-state index in [9.17, 15) is 14.9 Å². The van der Waals surface area contributed by atoms with Crippen LogP contribution in [-0.2, 0) is 6.42 Å². The molecule has 9 heteroatoms. The second kappa shape index (κ2) is 5.51. The molecule has 0 aliphatic carbocycles. The Kier molecular flexibility index (Phi) is 4.16. The van der Waals surface area contributed by atoms with E-state index in [1.54, 1.807) is 6.92 Å². The van der Waals surface area contributed by atoms with E-state index < -0.39 is 4.92 Å². The fourth-order valence-corrected chi connectivity index (χ4v) is 3.73. The van der Waals surface area contributed by atoms with Gasteiger partial charge in [-0.3, -0.25) is 4.79 Å². The molecular formula is C10H7Br2N3O3S. The zero-order valence-corrected chi connectivity index (χ0v) is 13.6. The van der Waals surface area contributed by atoms with Crippen LogP contribution in [0.25, 0.3) is 0 Å². The van der Waals surface area contributed by atoms with Gasteiger partial charge in [-0.25, -0.2) is 4.57 Å². The van der Waals surface area contributed by atoms with Gasteiger partial charge in [0.2, 0.25) is 11.7 Å². The number of nitrogens with zero attached hydrogens (tertiary/aromatic N) is 3. The highest BCUT2D eigenvalue weighted by molar-refractivity contribution is 9.11. The Bertz CT molecular complexity index is 665. The van der Waals surface area contributed by atoms with Crippen LogP contribution < -0.4 is 0 Å². The highest BCUT2D eigenvalue weighted by Crippen LogP contribution is 2.27. The molecular weight excluding hydrogens is 402 g/mol. The van der Waals surface area contributed by atoms with Gasteiger partial charge in [-0.15, -0.1) is 11.3 Å². The number of rotatable bonds is 3. The van der Waals surface area contributed by atoms with Gasteiger partial charge in [0.05, 0.1) is 10.2 Å². The maximum absolute atomic E-state index is 12.2. The molecule has 0 aliphatic rings. The van der Waals surface area contributed by atoms with Crippen LogP contribution >= 0.6 is 43.2 Å². The van der Waals surface area contributed by atoms with Crippen LogP contribution in [0, 0.1) is 17.0 Å². The van der Waals surface area contributed by atoms with Crippen LogP contribution in [0.5, 0.6) is 0 Å². The third-order valence-corrected chi connectivity index (χ3v) is 4.68. The summed E-state index contributed by atoms with van der Waals surface area (Å²) in [5.41, 5.74) is 0. The van der Waals surface area contributed by atoms with Crippen molar-refractivity contribution in [2.45, 2.75) is 13.3 Å². The molecule has 19 heavy (non-hydrogen) atoms. The molecule has 0 radical (unpaired) electrons. The number of nitro groups is 1. The fourth-order valence-electron chi connectivity index (χ4n) is 1.57. The predicted molar refractivity (Wildman–Crippen MR) is 77.7 cm³/mol. The molecule has 0 N–H and O–H groups in total. The summed E-state index contributed by atoms with van der Waals surface area (Å²) < 4.78 is 2.23. The summed E-state index contributed by atoms with van der Waals surface area (Å²) >= 11 is 7.82. The lowest BCUT2D eigenvalue weighted by molar-refractivity contribution is -0.390. The van der Waals surface area contributed by atoms with Crippen molar-refractivity contribution in [1.82, 2.24) is 9.55 Å². The summed E-state index contributed by atoms with van der Waals surface area (Å²) in [5, 5.41) is 10.8. The first-order valence-corrected chi connectivity index (χ1v) is 7.47. The molecule has 0 saturated heterocycles. The standard InChI is InChI=1S/C10H7Br2N3O3S/c1-5-13-10(15(17)18)9(12)14(5)8(16)4-6-2-3-7(11)19-6/h2-3H,4H2,1H3. The van der Waals surface area contributed by atoms with Crippen LogP contribution in [0.1, 0.15) is 15.5 Å². The van der Waals surface area contributed by atoms with E-state index in [2.05, 4.69) is 36.8 Å². The molecule has 2 aromatic heterocycles. The molecule has 2 heterocycles. The monoisotopic (exact) mass is 407 g/mol. The first-order valence-electron chi connectivity index (χ1n) is 5.06. The van der Waals surface area contributed by atoms with Crippen molar-refractivity contribution in [3.63, 3.8) is 0 Å². The average Bonchev–Trinajstić information content (AvgIpc) is 2.83. The minimum atomic E-state index is -0.622. The van der Waals surface area contributed by atoms with Gasteiger partial charge in [-0.1, -0.05) is 0 Å². The van der Waals surface area contributed by atoms with Crippen molar-refractivity contribution in [3.8, 4) is 0 Å².